The molecule has 28 heavy (non-hydrogen) atoms. The van der Waals surface area contributed by atoms with Crippen LogP contribution in [0.1, 0.15) is 25.0 Å². The second kappa shape index (κ2) is 7.19. The molecule has 0 atom stereocenters. The minimum Gasteiger partial charge on any atom is -0.454 e. The number of aliphatic imine (C=N–C) groups is 1. The van der Waals surface area contributed by atoms with Crippen LogP contribution in [0.5, 0.6) is 17.2 Å². The van der Waals surface area contributed by atoms with E-state index in [1.54, 1.807) is 62.4 Å². The van der Waals surface area contributed by atoms with Crippen LogP contribution in [-0.4, -0.2) is 24.6 Å². The molecule has 0 bridgehead atoms. The van der Waals surface area contributed by atoms with E-state index in [0.29, 0.717) is 22.8 Å². The molecule has 0 radical (unpaired) electrons. The molecule has 0 amide bonds. The van der Waals surface area contributed by atoms with Crippen molar-refractivity contribution in [3.05, 3.63) is 59.3 Å². The molecule has 2 aromatic carbocycles. The number of benzene rings is 2. The van der Waals surface area contributed by atoms with Gasteiger partial charge in [0.15, 0.2) is 17.2 Å². The summed E-state index contributed by atoms with van der Waals surface area (Å²) in [6, 6.07) is 12.0. The van der Waals surface area contributed by atoms with E-state index >= 15 is 0 Å². The SMILES string of the molecule is CC(C)C(=O)Oc1ccc(/C=C2/N=C(c3ccc4c(c3)OCO4)OC2=O)cc1. The number of rotatable bonds is 4. The van der Waals surface area contributed by atoms with Crippen LogP contribution in [-0.2, 0) is 14.3 Å². The summed E-state index contributed by atoms with van der Waals surface area (Å²) in [5, 5.41) is 0. The van der Waals surface area contributed by atoms with Crippen molar-refractivity contribution in [2.24, 2.45) is 10.9 Å². The van der Waals surface area contributed by atoms with Gasteiger partial charge in [-0.25, -0.2) is 9.79 Å². The van der Waals surface area contributed by atoms with Crippen molar-refractivity contribution < 1.29 is 28.5 Å². The zero-order chi connectivity index (χ0) is 19.7. The summed E-state index contributed by atoms with van der Waals surface area (Å²) in [5.41, 5.74) is 1.53. The molecule has 2 heterocycles. The molecule has 0 aromatic heterocycles. The molecule has 0 saturated carbocycles. The molecule has 0 saturated heterocycles. The van der Waals surface area contributed by atoms with Gasteiger partial charge in [-0.05, 0) is 42.0 Å². The van der Waals surface area contributed by atoms with Gasteiger partial charge in [0.1, 0.15) is 5.75 Å². The van der Waals surface area contributed by atoms with Crippen LogP contribution in [0.25, 0.3) is 6.08 Å². The lowest BCUT2D eigenvalue weighted by atomic mass is 10.2. The highest BCUT2D eigenvalue weighted by molar-refractivity contribution is 6.13. The van der Waals surface area contributed by atoms with Crippen molar-refractivity contribution >= 4 is 23.9 Å². The summed E-state index contributed by atoms with van der Waals surface area (Å²) in [5.74, 6) is 0.824. The molecule has 142 valence electrons. The van der Waals surface area contributed by atoms with Gasteiger partial charge < -0.3 is 18.9 Å². The molecule has 0 fully saturated rings. The van der Waals surface area contributed by atoms with Crippen molar-refractivity contribution in [3.8, 4) is 17.2 Å². The van der Waals surface area contributed by atoms with Gasteiger partial charge in [0.05, 0.1) is 5.92 Å². The minimum absolute atomic E-state index is 0.165. The standard InChI is InChI=1S/C21H17NO6/c1-12(2)20(23)27-15-6-3-13(4-7-15)9-16-21(24)28-19(22-16)14-5-8-17-18(10-14)26-11-25-17/h3-10,12H,11H2,1-2H3/b16-9+. The van der Waals surface area contributed by atoms with Crippen LogP contribution >= 0.6 is 0 Å². The van der Waals surface area contributed by atoms with Gasteiger partial charge in [0.25, 0.3) is 0 Å². The Kier molecular flexibility index (Phi) is 4.57. The minimum atomic E-state index is -0.539. The molecule has 4 rings (SSSR count). The number of carbonyl (C=O) groups excluding carboxylic acids is 2. The molecule has 7 heteroatoms. The zero-order valence-corrected chi connectivity index (χ0v) is 15.3. The van der Waals surface area contributed by atoms with Crippen molar-refractivity contribution in [1.29, 1.82) is 0 Å². The molecule has 2 aromatic rings. The largest absolute Gasteiger partial charge is 0.454 e. The maximum Gasteiger partial charge on any atom is 0.363 e. The second-order valence-corrected chi connectivity index (χ2v) is 6.55. The number of hydrogen-bond acceptors (Lipinski definition) is 7. The maximum absolute atomic E-state index is 12.2. The number of hydrogen-bond donors (Lipinski definition) is 0. The average Bonchev–Trinajstić information content (AvgIpc) is 3.29. The predicted octanol–water partition coefficient (Wildman–Crippen LogP) is 3.32. The van der Waals surface area contributed by atoms with Crippen molar-refractivity contribution in [2.45, 2.75) is 13.8 Å². The molecular formula is C21H17NO6. The number of fused-ring (bicyclic) bond motifs is 1. The fourth-order valence-electron chi connectivity index (χ4n) is 2.59. The Morgan fingerprint density at radius 2 is 1.86 bits per heavy atom. The lowest BCUT2D eigenvalue weighted by Crippen LogP contribution is -2.14. The van der Waals surface area contributed by atoms with E-state index in [2.05, 4.69) is 4.99 Å². The highest BCUT2D eigenvalue weighted by Crippen LogP contribution is 2.33. The van der Waals surface area contributed by atoms with Crippen LogP contribution in [0.15, 0.2) is 53.2 Å². The van der Waals surface area contributed by atoms with Gasteiger partial charge in [-0.15, -0.1) is 0 Å². The van der Waals surface area contributed by atoms with Crippen LogP contribution in [0.2, 0.25) is 0 Å². The highest BCUT2D eigenvalue weighted by Gasteiger charge is 2.26. The summed E-state index contributed by atoms with van der Waals surface area (Å²) in [6.07, 6.45) is 1.61. The lowest BCUT2D eigenvalue weighted by molar-refractivity contribution is -0.137. The van der Waals surface area contributed by atoms with Crippen molar-refractivity contribution in [2.75, 3.05) is 6.79 Å². The third kappa shape index (κ3) is 3.59. The molecular weight excluding hydrogens is 362 g/mol. The topological polar surface area (TPSA) is 83.4 Å². The van der Waals surface area contributed by atoms with E-state index in [1.807, 2.05) is 0 Å². The number of carbonyl (C=O) groups is 2. The Labute approximate surface area is 161 Å². The van der Waals surface area contributed by atoms with Crippen LogP contribution in [0, 0.1) is 5.92 Å². The fourth-order valence-corrected chi connectivity index (χ4v) is 2.59. The van der Waals surface area contributed by atoms with Gasteiger partial charge in [0.2, 0.25) is 12.7 Å². The molecule has 0 unspecified atom stereocenters. The summed E-state index contributed by atoms with van der Waals surface area (Å²) in [7, 11) is 0. The van der Waals surface area contributed by atoms with Crippen LogP contribution in [0.4, 0.5) is 0 Å². The van der Waals surface area contributed by atoms with Gasteiger partial charge in [-0.1, -0.05) is 26.0 Å². The number of cyclic esters (lactones) is 1. The Bertz CT molecular complexity index is 1000. The van der Waals surface area contributed by atoms with Gasteiger partial charge >= 0.3 is 11.9 Å². The number of nitrogens with zero attached hydrogens (tertiary/aromatic N) is 1. The summed E-state index contributed by atoms with van der Waals surface area (Å²) < 4.78 is 21.1. The van der Waals surface area contributed by atoms with E-state index in [0.717, 1.165) is 5.56 Å². The zero-order valence-electron chi connectivity index (χ0n) is 15.3. The molecule has 7 nitrogen and oxygen atoms in total. The average molecular weight is 379 g/mol. The highest BCUT2D eigenvalue weighted by atomic mass is 16.7. The van der Waals surface area contributed by atoms with Gasteiger partial charge in [-0.2, -0.15) is 0 Å². The Hall–Kier alpha value is -3.61. The monoisotopic (exact) mass is 379 g/mol. The first-order valence-corrected chi connectivity index (χ1v) is 8.74. The molecule has 2 aliphatic rings. The first-order chi connectivity index (χ1) is 13.5. The predicted molar refractivity (Wildman–Crippen MR) is 100 cm³/mol. The van der Waals surface area contributed by atoms with Crippen molar-refractivity contribution in [1.82, 2.24) is 0 Å². The Morgan fingerprint density at radius 1 is 1.11 bits per heavy atom. The first kappa shape index (κ1) is 17.8. The molecule has 0 spiro atoms. The van der Waals surface area contributed by atoms with E-state index in [4.69, 9.17) is 18.9 Å². The molecule has 0 aliphatic carbocycles. The summed E-state index contributed by atoms with van der Waals surface area (Å²) >= 11 is 0. The first-order valence-electron chi connectivity index (χ1n) is 8.74. The van der Waals surface area contributed by atoms with Crippen molar-refractivity contribution in [3.63, 3.8) is 0 Å². The normalized spacial score (nSPS) is 16.3. The molecule has 0 N–H and O–H groups in total. The van der Waals surface area contributed by atoms with E-state index < -0.39 is 5.97 Å². The third-order valence-electron chi connectivity index (χ3n) is 4.11. The lowest BCUT2D eigenvalue weighted by Gasteiger charge is -2.06. The smallest absolute Gasteiger partial charge is 0.363 e. The van der Waals surface area contributed by atoms with E-state index in [1.165, 1.54) is 0 Å². The van der Waals surface area contributed by atoms with Gasteiger partial charge in [0, 0.05) is 5.56 Å². The molecule has 2 aliphatic heterocycles. The fraction of sp³-hybridized carbons (Fsp3) is 0.190. The number of esters is 2. The Balaban J connectivity index is 1.53. The quantitative estimate of drug-likeness (QED) is 0.460. The van der Waals surface area contributed by atoms with E-state index in [-0.39, 0.29) is 30.3 Å². The second-order valence-electron chi connectivity index (χ2n) is 6.55. The number of ether oxygens (including phenoxy) is 4. The van der Waals surface area contributed by atoms with Gasteiger partial charge in [-0.3, -0.25) is 4.79 Å². The summed E-state index contributed by atoms with van der Waals surface area (Å²) in [6.45, 7) is 3.70. The summed E-state index contributed by atoms with van der Waals surface area (Å²) in [4.78, 5) is 28.1. The van der Waals surface area contributed by atoms with Crippen LogP contribution < -0.4 is 14.2 Å². The Morgan fingerprint density at radius 3 is 2.61 bits per heavy atom. The van der Waals surface area contributed by atoms with E-state index in [9.17, 15) is 9.59 Å². The maximum atomic E-state index is 12.2. The third-order valence-corrected chi connectivity index (χ3v) is 4.11. The van der Waals surface area contributed by atoms with Crippen LogP contribution in [0.3, 0.4) is 0 Å².